The second-order valence-corrected chi connectivity index (χ2v) is 6.45. The predicted molar refractivity (Wildman–Crippen MR) is 86.6 cm³/mol. The highest BCUT2D eigenvalue weighted by atomic mass is 16.5. The summed E-state index contributed by atoms with van der Waals surface area (Å²) in [5, 5.41) is 3.17. The second-order valence-electron chi connectivity index (χ2n) is 6.45. The highest BCUT2D eigenvalue weighted by Gasteiger charge is 2.16. The molecule has 2 unspecified atom stereocenters. The van der Waals surface area contributed by atoms with E-state index >= 15 is 0 Å². The fourth-order valence-corrected chi connectivity index (χ4v) is 2.86. The molecule has 2 aliphatic rings. The van der Waals surface area contributed by atoms with Crippen molar-refractivity contribution < 1.29 is 4.74 Å². The smallest absolute Gasteiger partial charge is 0.188 e. The van der Waals surface area contributed by atoms with Crippen LogP contribution in [0.5, 0.6) is 0 Å². The van der Waals surface area contributed by atoms with Gasteiger partial charge in [-0.2, -0.15) is 0 Å². The van der Waals surface area contributed by atoms with Gasteiger partial charge in [-0.3, -0.25) is 4.99 Å². The summed E-state index contributed by atoms with van der Waals surface area (Å²) >= 11 is 0. The van der Waals surface area contributed by atoms with Crippen LogP contribution < -0.4 is 11.1 Å². The quantitative estimate of drug-likeness (QED) is 0.532. The second kappa shape index (κ2) is 8.56. The number of likely N-dealkylation sites (N-methyl/N-ethyl adjacent to an activating group) is 1. The number of piperazine rings is 1. The Kier molecular flexibility index (Phi) is 6.73. The van der Waals surface area contributed by atoms with Gasteiger partial charge < -0.3 is 25.6 Å². The van der Waals surface area contributed by atoms with Gasteiger partial charge >= 0.3 is 0 Å². The average molecular weight is 297 g/mol. The molecule has 0 radical (unpaired) electrons. The van der Waals surface area contributed by atoms with Crippen LogP contribution in [0.1, 0.15) is 19.8 Å². The van der Waals surface area contributed by atoms with E-state index in [1.54, 1.807) is 0 Å². The monoisotopic (exact) mass is 297 g/mol. The van der Waals surface area contributed by atoms with E-state index in [2.05, 4.69) is 34.1 Å². The summed E-state index contributed by atoms with van der Waals surface area (Å²) in [5.74, 6) is 1.09. The van der Waals surface area contributed by atoms with Crippen LogP contribution in [0.15, 0.2) is 4.99 Å². The number of nitrogens with two attached hydrogens (primary N) is 1. The lowest BCUT2D eigenvalue weighted by atomic mass is 10.1. The van der Waals surface area contributed by atoms with Crippen LogP contribution in [0.25, 0.3) is 0 Å². The Hall–Kier alpha value is -0.850. The molecule has 2 aliphatic heterocycles. The maximum absolute atomic E-state index is 5.91. The van der Waals surface area contributed by atoms with Gasteiger partial charge in [0.25, 0.3) is 0 Å². The van der Waals surface area contributed by atoms with E-state index in [0.29, 0.717) is 18.0 Å². The van der Waals surface area contributed by atoms with E-state index in [4.69, 9.17) is 10.5 Å². The lowest BCUT2D eigenvalue weighted by Gasteiger charge is -2.33. The molecule has 0 aromatic carbocycles. The van der Waals surface area contributed by atoms with Gasteiger partial charge in [-0.05, 0) is 25.8 Å². The number of guanidine groups is 1. The van der Waals surface area contributed by atoms with Crippen molar-refractivity contribution in [2.75, 3.05) is 59.5 Å². The Morgan fingerprint density at radius 1 is 1.38 bits per heavy atom. The molecule has 0 saturated carbocycles. The molecule has 0 aliphatic carbocycles. The maximum Gasteiger partial charge on any atom is 0.188 e. The first-order chi connectivity index (χ1) is 10.1. The lowest BCUT2D eigenvalue weighted by Crippen LogP contribution is -2.46. The number of hydrogen-bond acceptors (Lipinski definition) is 4. The third-order valence-corrected chi connectivity index (χ3v) is 4.27. The normalized spacial score (nSPS) is 27.0. The zero-order chi connectivity index (χ0) is 15.1. The summed E-state index contributed by atoms with van der Waals surface area (Å²) in [4.78, 5) is 9.36. The summed E-state index contributed by atoms with van der Waals surface area (Å²) in [6.07, 6.45) is 2.59. The Bertz CT molecular complexity index is 322. The van der Waals surface area contributed by atoms with Crippen LogP contribution in [0, 0.1) is 5.92 Å². The number of rotatable bonds is 6. The topological polar surface area (TPSA) is 66.1 Å². The van der Waals surface area contributed by atoms with Crippen molar-refractivity contribution in [3.05, 3.63) is 0 Å². The first-order valence-corrected chi connectivity index (χ1v) is 8.20. The van der Waals surface area contributed by atoms with E-state index in [1.807, 2.05) is 0 Å². The number of nitrogens with zero attached hydrogens (tertiary/aromatic N) is 3. The van der Waals surface area contributed by atoms with Crippen LogP contribution in [-0.2, 0) is 4.74 Å². The number of aliphatic imine (C=N–C) groups is 1. The van der Waals surface area contributed by atoms with E-state index in [0.717, 1.165) is 52.2 Å². The molecule has 3 N–H and O–H groups in total. The van der Waals surface area contributed by atoms with Gasteiger partial charge in [0, 0.05) is 52.4 Å². The summed E-state index contributed by atoms with van der Waals surface area (Å²) in [7, 11) is 2.19. The number of nitrogens with one attached hydrogen (secondary N) is 1. The Balaban J connectivity index is 1.60. The molecule has 122 valence electrons. The minimum atomic E-state index is 0.307. The summed E-state index contributed by atoms with van der Waals surface area (Å²) in [6, 6.07) is 0. The zero-order valence-electron chi connectivity index (χ0n) is 13.6. The van der Waals surface area contributed by atoms with E-state index in [1.165, 1.54) is 13.1 Å². The van der Waals surface area contributed by atoms with Gasteiger partial charge in [0.1, 0.15) is 0 Å². The number of hydrogen-bond donors (Lipinski definition) is 2. The van der Waals surface area contributed by atoms with Gasteiger partial charge in [-0.25, -0.2) is 0 Å². The van der Waals surface area contributed by atoms with Crippen molar-refractivity contribution in [2.24, 2.45) is 16.6 Å². The van der Waals surface area contributed by atoms with E-state index < -0.39 is 0 Å². The number of ether oxygens (including phenoxy) is 1. The SMILES string of the molecule is CC(CN=C(N)NCC1CCCO1)CN1CCN(C)CC1. The highest BCUT2D eigenvalue weighted by molar-refractivity contribution is 5.77. The molecule has 2 saturated heterocycles. The molecule has 0 aromatic rings. The summed E-state index contributed by atoms with van der Waals surface area (Å²) in [6.45, 7) is 10.5. The Labute approximate surface area is 128 Å². The Morgan fingerprint density at radius 3 is 2.81 bits per heavy atom. The first kappa shape index (κ1) is 16.5. The van der Waals surface area contributed by atoms with Crippen molar-refractivity contribution in [1.29, 1.82) is 0 Å². The van der Waals surface area contributed by atoms with Crippen molar-refractivity contribution in [3.8, 4) is 0 Å². The van der Waals surface area contributed by atoms with Crippen molar-refractivity contribution >= 4 is 5.96 Å². The molecule has 2 heterocycles. The van der Waals surface area contributed by atoms with Crippen LogP contribution in [0.3, 0.4) is 0 Å². The molecule has 2 fully saturated rings. The molecule has 6 nitrogen and oxygen atoms in total. The Morgan fingerprint density at radius 2 is 2.14 bits per heavy atom. The minimum Gasteiger partial charge on any atom is -0.376 e. The molecular formula is C15H31N5O. The van der Waals surface area contributed by atoms with Gasteiger partial charge in [-0.1, -0.05) is 6.92 Å². The van der Waals surface area contributed by atoms with Crippen LogP contribution in [0.4, 0.5) is 0 Å². The lowest BCUT2D eigenvalue weighted by molar-refractivity contribution is 0.114. The fraction of sp³-hybridized carbons (Fsp3) is 0.933. The standard InChI is InChI=1S/C15H31N5O/c1-13(12-20-7-5-19(2)6-8-20)10-17-15(16)18-11-14-4-3-9-21-14/h13-14H,3-12H2,1-2H3,(H3,16,17,18). The fourth-order valence-electron chi connectivity index (χ4n) is 2.86. The average Bonchev–Trinajstić information content (AvgIpc) is 2.99. The van der Waals surface area contributed by atoms with E-state index in [9.17, 15) is 0 Å². The molecule has 2 atom stereocenters. The molecule has 0 aromatic heterocycles. The maximum atomic E-state index is 5.91. The molecule has 21 heavy (non-hydrogen) atoms. The van der Waals surface area contributed by atoms with Gasteiger partial charge in [-0.15, -0.1) is 0 Å². The minimum absolute atomic E-state index is 0.307. The zero-order valence-corrected chi connectivity index (χ0v) is 13.6. The third kappa shape index (κ3) is 6.20. The van der Waals surface area contributed by atoms with Crippen LogP contribution >= 0.6 is 0 Å². The largest absolute Gasteiger partial charge is 0.376 e. The highest BCUT2D eigenvalue weighted by Crippen LogP contribution is 2.10. The van der Waals surface area contributed by atoms with Crippen molar-refractivity contribution in [2.45, 2.75) is 25.9 Å². The molecule has 0 spiro atoms. The van der Waals surface area contributed by atoms with Crippen molar-refractivity contribution in [1.82, 2.24) is 15.1 Å². The van der Waals surface area contributed by atoms with Gasteiger partial charge in [0.05, 0.1) is 6.10 Å². The van der Waals surface area contributed by atoms with E-state index in [-0.39, 0.29) is 0 Å². The first-order valence-electron chi connectivity index (χ1n) is 8.20. The molecule has 2 rings (SSSR count). The van der Waals surface area contributed by atoms with Gasteiger partial charge in [0.2, 0.25) is 0 Å². The predicted octanol–water partition coefficient (Wildman–Crippen LogP) is -0.0468. The molecule has 0 amide bonds. The third-order valence-electron chi connectivity index (χ3n) is 4.27. The molecule has 6 heteroatoms. The van der Waals surface area contributed by atoms with Crippen LogP contribution in [0.2, 0.25) is 0 Å². The van der Waals surface area contributed by atoms with Gasteiger partial charge in [0.15, 0.2) is 5.96 Å². The van der Waals surface area contributed by atoms with Crippen LogP contribution in [-0.4, -0.2) is 81.3 Å². The molecule has 0 bridgehead atoms. The summed E-state index contributed by atoms with van der Waals surface area (Å²) < 4.78 is 5.55. The van der Waals surface area contributed by atoms with Crippen molar-refractivity contribution in [3.63, 3.8) is 0 Å². The molecular weight excluding hydrogens is 266 g/mol. The summed E-state index contributed by atoms with van der Waals surface area (Å²) in [5.41, 5.74) is 5.91.